The Hall–Kier alpha value is -4.83. The van der Waals surface area contributed by atoms with Crippen molar-refractivity contribution in [3.05, 3.63) is 126 Å². The van der Waals surface area contributed by atoms with Gasteiger partial charge in [-0.05, 0) is 47.7 Å². The lowest BCUT2D eigenvalue weighted by Crippen LogP contribution is -2.52. The van der Waals surface area contributed by atoms with Crippen LogP contribution in [0.15, 0.2) is 103 Å². The fraction of sp³-hybridized carbons (Fsp3) is 0.306. The van der Waals surface area contributed by atoms with Crippen molar-refractivity contribution in [2.45, 2.75) is 43.1 Å². The molecule has 51 heavy (non-hydrogen) atoms. The molecule has 1 fully saturated rings. The van der Waals surface area contributed by atoms with E-state index in [0.717, 1.165) is 33.1 Å². The Morgan fingerprint density at radius 3 is 2.24 bits per heavy atom. The fourth-order valence-electron chi connectivity index (χ4n) is 5.89. The van der Waals surface area contributed by atoms with Crippen LogP contribution in [0.4, 0.5) is 29.5 Å². The van der Waals surface area contributed by atoms with Crippen molar-refractivity contribution in [3.8, 4) is 0 Å². The molecular weight excluding hydrogens is 687 g/mol. The number of hydrogen-bond donors (Lipinski definition) is 3. The number of alkyl halides is 3. The van der Waals surface area contributed by atoms with E-state index in [4.69, 9.17) is 9.47 Å². The number of nitrogens with zero attached hydrogens (tertiary/aromatic N) is 2. The number of morpholine rings is 1. The highest BCUT2D eigenvalue weighted by atomic mass is 32.2. The minimum absolute atomic E-state index is 0.108. The molecule has 5 rings (SSSR count). The summed E-state index contributed by atoms with van der Waals surface area (Å²) < 4.78 is 75.0. The van der Waals surface area contributed by atoms with E-state index in [2.05, 4.69) is 20.9 Å². The van der Waals surface area contributed by atoms with Gasteiger partial charge < -0.3 is 30.0 Å². The SMILES string of the molecule is COC(=O)N[C@H](C(=O)Nc1ccccc1CC[C@@H]1CN[C@H](CN(c2cccc(C(F)(F)F)n2)S(=O)[O-])CO1)C(c1ccccc1)c1ccccc1. The average molecular weight is 725 g/mol. The van der Waals surface area contributed by atoms with E-state index in [9.17, 15) is 31.5 Å². The molecule has 270 valence electrons. The van der Waals surface area contributed by atoms with Gasteiger partial charge in [-0.25, -0.2) is 9.78 Å². The molecule has 4 atom stereocenters. The number of aryl methyl sites for hydroxylation is 1. The van der Waals surface area contributed by atoms with Crippen molar-refractivity contribution in [3.63, 3.8) is 0 Å². The summed E-state index contributed by atoms with van der Waals surface area (Å²) in [4.78, 5) is 30.0. The normalized spacial score (nSPS) is 17.3. The van der Waals surface area contributed by atoms with E-state index in [1.54, 1.807) is 12.1 Å². The van der Waals surface area contributed by atoms with Crippen molar-refractivity contribution in [1.29, 1.82) is 0 Å². The third kappa shape index (κ3) is 10.1. The number of aromatic nitrogens is 1. The van der Waals surface area contributed by atoms with Gasteiger partial charge in [0.05, 0.1) is 19.8 Å². The van der Waals surface area contributed by atoms with Gasteiger partial charge in [0.1, 0.15) is 17.6 Å². The minimum atomic E-state index is -4.72. The summed E-state index contributed by atoms with van der Waals surface area (Å²) in [6, 6.07) is 27.6. The summed E-state index contributed by atoms with van der Waals surface area (Å²) in [6.07, 6.45) is -4.69. The first-order valence-electron chi connectivity index (χ1n) is 16.1. The fourth-order valence-corrected chi connectivity index (χ4v) is 6.45. The van der Waals surface area contributed by atoms with Crippen molar-refractivity contribution in [2.75, 3.05) is 36.4 Å². The number of anilines is 2. The van der Waals surface area contributed by atoms with Crippen LogP contribution in [0.25, 0.3) is 0 Å². The zero-order chi connectivity index (χ0) is 36.4. The molecule has 1 aliphatic rings. The second kappa shape index (κ2) is 17.4. The summed E-state index contributed by atoms with van der Waals surface area (Å²) in [7, 11) is 1.23. The van der Waals surface area contributed by atoms with Crippen LogP contribution < -0.4 is 20.3 Å². The van der Waals surface area contributed by atoms with E-state index >= 15 is 0 Å². The standard InChI is InChI=1S/C36H38F3N5O6S/c1-49-35(46)43-33(32(25-12-4-2-5-13-25)26-14-6-3-7-15-26)34(45)41-29-16-9-8-11-24(29)19-20-28-21-40-27(23-50-28)22-44(51(47)48)31-18-10-17-30(42-31)36(37,38)39/h2-18,27-28,32-33,40H,19-23H2,1H3,(H,41,45)(H,43,46)(H,47,48)/p-1/t27-,28-,33+/m1/s1. The van der Waals surface area contributed by atoms with Crippen LogP contribution in [-0.2, 0) is 38.1 Å². The topological polar surface area (TPSA) is 145 Å². The molecular formula is C36H37F3N5O6S-. The molecule has 4 aromatic rings. The number of para-hydroxylation sites is 1. The number of methoxy groups -OCH3 is 1. The van der Waals surface area contributed by atoms with E-state index in [1.165, 1.54) is 13.2 Å². The molecule has 2 amide bonds. The van der Waals surface area contributed by atoms with Gasteiger partial charge in [0.25, 0.3) is 0 Å². The smallest absolute Gasteiger partial charge is 0.433 e. The van der Waals surface area contributed by atoms with Crippen molar-refractivity contribution >= 4 is 34.8 Å². The second-order valence-corrected chi connectivity index (χ2v) is 12.7. The lowest BCUT2D eigenvalue weighted by atomic mass is 9.84. The van der Waals surface area contributed by atoms with Gasteiger partial charge in [-0.1, -0.05) is 84.9 Å². The summed E-state index contributed by atoms with van der Waals surface area (Å²) in [5, 5.41) is 8.97. The number of ether oxygens (including phenoxy) is 2. The molecule has 0 spiro atoms. The largest absolute Gasteiger partial charge is 0.755 e. The number of rotatable bonds is 13. The predicted molar refractivity (Wildman–Crippen MR) is 184 cm³/mol. The first kappa shape index (κ1) is 37.4. The van der Waals surface area contributed by atoms with Crippen LogP contribution in [0.1, 0.15) is 34.7 Å². The van der Waals surface area contributed by atoms with Crippen molar-refractivity contribution < 1.29 is 41.0 Å². The van der Waals surface area contributed by atoms with Gasteiger partial charge in [-0.2, -0.15) is 13.2 Å². The Morgan fingerprint density at radius 2 is 1.65 bits per heavy atom. The zero-order valence-electron chi connectivity index (χ0n) is 27.5. The molecule has 3 N–H and O–H groups in total. The van der Waals surface area contributed by atoms with E-state index in [-0.39, 0.29) is 25.1 Å². The van der Waals surface area contributed by atoms with Gasteiger partial charge in [0.15, 0.2) is 0 Å². The number of pyridine rings is 1. The molecule has 1 aliphatic heterocycles. The zero-order valence-corrected chi connectivity index (χ0v) is 28.4. The number of benzene rings is 3. The lowest BCUT2D eigenvalue weighted by Gasteiger charge is -2.35. The van der Waals surface area contributed by atoms with E-state index in [0.29, 0.717) is 25.1 Å². The highest BCUT2D eigenvalue weighted by Crippen LogP contribution is 2.31. The van der Waals surface area contributed by atoms with Crippen molar-refractivity contribution in [2.24, 2.45) is 0 Å². The summed E-state index contributed by atoms with van der Waals surface area (Å²) in [6.45, 7) is 0.284. The Labute approximate surface area is 296 Å². The van der Waals surface area contributed by atoms with Crippen molar-refractivity contribution in [1.82, 2.24) is 15.6 Å². The highest BCUT2D eigenvalue weighted by Gasteiger charge is 2.35. The third-order valence-electron chi connectivity index (χ3n) is 8.42. The number of carbonyl (C=O) groups is 2. The number of halogens is 3. The predicted octanol–water partition coefficient (Wildman–Crippen LogP) is 5.19. The molecule has 0 saturated carbocycles. The Morgan fingerprint density at radius 1 is 1.00 bits per heavy atom. The maximum absolute atomic E-state index is 14.0. The Balaban J connectivity index is 1.24. The van der Waals surface area contributed by atoms with Crippen LogP contribution in [0.5, 0.6) is 0 Å². The summed E-state index contributed by atoms with van der Waals surface area (Å²) in [5.74, 6) is -1.32. The number of carbonyl (C=O) groups excluding carboxylic acids is 2. The van der Waals surface area contributed by atoms with Gasteiger partial charge in [-0.15, -0.1) is 0 Å². The average Bonchev–Trinajstić information content (AvgIpc) is 3.14. The molecule has 1 aromatic heterocycles. The Bertz CT molecular complexity index is 1740. The molecule has 2 heterocycles. The third-order valence-corrected chi connectivity index (χ3v) is 9.11. The Kier molecular flexibility index (Phi) is 12.8. The molecule has 0 bridgehead atoms. The highest BCUT2D eigenvalue weighted by molar-refractivity contribution is 7.80. The van der Waals surface area contributed by atoms with Gasteiger partial charge in [0.2, 0.25) is 5.91 Å². The molecule has 15 heteroatoms. The first-order valence-corrected chi connectivity index (χ1v) is 17.2. The maximum atomic E-state index is 14.0. The minimum Gasteiger partial charge on any atom is -0.755 e. The van der Waals surface area contributed by atoms with Crippen LogP contribution >= 0.6 is 0 Å². The molecule has 1 saturated heterocycles. The van der Waals surface area contributed by atoms with E-state index < -0.39 is 53.1 Å². The number of hydrogen-bond acceptors (Lipinski definition) is 8. The number of alkyl carbamates (subject to hydrolysis) is 1. The molecule has 11 nitrogen and oxygen atoms in total. The molecule has 3 aromatic carbocycles. The molecule has 0 aliphatic carbocycles. The number of amides is 2. The van der Waals surface area contributed by atoms with Crippen LogP contribution in [0.3, 0.4) is 0 Å². The quantitative estimate of drug-likeness (QED) is 0.160. The van der Waals surface area contributed by atoms with Crippen LogP contribution in [-0.4, -0.2) is 70.7 Å². The monoisotopic (exact) mass is 724 g/mol. The molecule has 1 unspecified atom stereocenters. The lowest BCUT2D eigenvalue weighted by molar-refractivity contribution is -0.141. The van der Waals surface area contributed by atoms with Gasteiger partial charge in [0, 0.05) is 42.0 Å². The van der Waals surface area contributed by atoms with Crippen LogP contribution in [0.2, 0.25) is 0 Å². The van der Waals surface area contributed by atoms with E-state index in [1.807, 2.05) is 72.8 Å². The summed E-state index contributed by atoms with van der Waals surface area (Å²) in [5.41, 5.74) is 1.84. The number of nitrogens with one attached hydrogen (secondary N) is 3. The second-order valence-electron chi connectivity index (χ2n) is 11.8. The summed E-state index contributed by atoms with van der Waals surface area (Å²) >= 11 is -2.88. The van der Waals surface area contributed by atoms with Crippen LogP contribution in [0, 0.1) is 0 Å². The molecule has 0 radical (unpaired) electrons. The first-order chi connectivity index (χ1) is 24.5. The van der Waals surface area contributed by atoms with Gasteiger partial charge in [-0.3, -0.25) is 13.3 Å². The van der Waals surface area contributed by atoms with Gasteiger partial charge >= 0.3 is 12.3 Å². The maximum Gasteiger partial charge on any atom is 0.433 e.